The summed E-state index contributed by atoms with van der Waals surface area (Å²) < 4.78 is 10.8. The number of methoxy groups -OCH3 is 1. The molecule has 1 saturated heterocycles. The average molecular weight is 713 g/mol. The molecule has 0 unspecified atom stereocenters. The quantitative estimate of drug-likeness (QED) is 0.0835. The number of allylic oxidation sites excluding steroid dienone is 3. The molecule has 6 rings (SSSR count). The molecule has 3 aromatic heterocycles. The van der Waals surface area contributed by atoms with Crippen molar-refractivity contribution in [2.75, 3.05) is 13.7 Å². The zero-order chi connectivity index (χ0) is 36.7. The molecule has 3 aromatic rings. The van der Waals surface area contributed by atoms with Gasteiger partial charge >= 0.3 is 35.0 Å². The predicted molar refractivity (Wildman–Crippen MR) is 204 cm³/mol. The molecule has 9 nitrogen and oxygen atoms in total. The summed E-state index contributed by atoms with van der Waals surface area (Å²) in [5, 5.41) is 6.78. The fraction of sp³-hybridized carbons (Fsp3) is 0.452. The molecule has 0 radical (unpaired) electrons. The summed E-state index contributed by atoms with van der Waals surface area (Å²) in [6, 6.07) is 0. The molecule has 3 atom stereocenters. The molecule has 0 N–H and O–H groups in total. The molecule has 0 aromatic carbocycles. The fourth-order valence-corrected chi connectivity index (χ4v) is 7.51. The Morgan fingerprint density at radius 3 is 2.12 bits per heavy atom. The summed E-state index contributed by atoms with van der Waals surface area (Å²) in [5.74, 6) is -2.95. The van der Waals surface area contributed by atoms with Gasteiger partial charge in [-0.15, -0.1) is 33.5 Å². The molecule has 5 heterocycles. The van der Waals surface area contributed by atoms with Gasteiger partial charge in [-0.2, -0.15) is 11.4 Å². The number of Topliss-reactive ketones (excluding diaryl/α,β-unsaturated/α-hetero) is 1. The molecule has 10 heteroatoms. The number of hydrogen-bond donors (Lipinski definition) is 0. The van der Waals surface area contributed by atoms with E-state index < -0.39 is 11.9 Å². The summed E-state index contributed by atoms with van der Waals surface area (Å²) in [4.78, 5) is 55.7. The van der Waals surface area contributed by atoms with Crippen LogP contribution in [-0.4, -0.2) is 54.5 Å². The van der Waals surface area contributed by atoms with Crippen molar-refractivity contribution in [1.29, 1.82) is 0 Å². The Bertz CT molecular complexity index is 2140. The van der Waals surface area contributed by atoms with Crippen molar-refractivity contribution in [2.45, 2.75) is 93.9 Å². The van der Waals surface area contributed by atoms with Gasteiger partial charge in [-0.05, 0) is 78.7 Å². The number of rotatable bonds is 10. The fourth-order valence-electron chi connectivity index (χ4n) is 7.51. The topological polar surface area (TPSA) is 126 Å². The average Bonchev–Trinajstić information content (AvgIpc) is 3.83. The molecule has 1 fully saturated rings. The number of carbonyl (C=O) groups is 3. The van der Waals surface area contributed by atoms with Crippen LogP contribution in [0.4, 0.5) is 0 Å². The van der Waals surface area contributed by atoms with Crippen LogP contribution < -0.4 is 25.7 Å². The van der Waals surface area contributed by atoms with E-state index in [1.807, 2.05) is 45.1 Å². The Hall–Kier alpha value is -4.02. The number of fused-ring (bicyclic) bond motifs is 7. The van der Waals surface area contributed by atoms with Gasteiger partial charge in [0.1, 0.15) is 12.5 Å². The Morgan fingerprint density at radius 2 is 1.48 bits per heavy atom. The van der Waals surface area contributed by atoms with Gasteiger partial charge in [0.25, 0.3) is 0 Å². The summed E-state index contributed by atoms with van der Waals surface area (Å²) in [6.07, 6.45) is 13.0. The largest absolute Gasteiger partial charge is 2.00 e. The van der Waals surface area contributed by atoms with Crippen LogP contribution in [0.1, 0.15) is 120 Å². The second-order valence-electron chi connectivity index (χ2n) is 14.3. The summed E-state index contributed by atoms with van der Waals surface area (Å²) in [5.41, 5.74) is 11.0. The van der Waals surface area contributed by atoms with Crippen LogP contribution in [-0.2, 0) is 19.1 Å². The molecule has 3 aliphatic rings. The molecule has 0 saturated carbocycles. The maximum Gasteiger partial charge on any atom is 2.00 e. The molecule has 270 valence electrons. The van der Waals surface area contributed by atoms with Gasteiger partial charge < -0.3 is 29.7 Å². The minimum absolute atomic E-state index is 0. The predicted octanol–water partition coefficient (Wildman–Crippen LogP) is 5.92. The third-order valence-corrected chi connectivity index (χ3v) is 11.1. The van der Waals surface area contributed by atoms with Crippen LogP contribution in [0.25, 0.3) is 29.1 Å². The Kier molecular flexibility index (Phi) is 12.0. The van der Waals surface area contributed by atoms with Gasteiger partial charge in [-0.3, -0.25) is 14.4 Å². The summed E-state index contributed by atoms with van der Waals surface area (Å²) >= 11 is 0. The van der Waals surface area contributed by atoms with E-state index in [4.69, 9.17) is 29.7 Å². The van der Waals surface area contributed by atoms with Gasteiger partial charge in [0.15, 0.2) is 5.78 Å². The van der Waals surface area contributed by atoms with Crippen molar-refractivity contribution >= 4 is 64.6 Å². The Morgan fingerprint density at radius 1 is 0.846 bits per heavy atom. The minimum atomic E-state index is -1.20. The smallest absolute Gasteiger partial charge is 0.664 e. The van der Waals surface area contributed by atoms with E-state index in [0.717, 1.165) is 69.3 Å². The SMILES string of the molecule is CCCCC/C(C)=C/COC(=O)CC[C@@H]1/C2=C3/c4[n-]c(c(C)c4C(=O)[C@@H]3C(=O)OC)/C=c3\[n-]/c(c(C)c3C)=C\c3[n-]c(c(C)c3C)/C=C(\[N-]2)[C@H]1C.[Mg+2]. The van der Waals surface area contributed by atoms with Gasteiger partial charge in [0.05, 0.1) is 7.11 Å². The van der Waals surface area contributed by atoms with Crippen LogP contribution in [0.2, 0.25) is 0 Å². The zero-order valence-corrected chi connectivity index (χ0v) is 33.4. The monoisotopic (exact) mass is 712 g/mol. The number of hydrogen-bond acceptors (Lipinski definition) is 5. The van der Waals surface area contributed by atoms with Crippen LogP contribution in [0.5, 0.6) is 0 Å². The molecular formula is C42H48MgN4O5-2. The molecule has 1 aliphatic carbocycles. The first-order valence-corrected chi connectivity index (χ1v) is 18.1. The third-order valence-electron chi connectivity index (χ3n) is 11.1. The van der Waals surface area contributed by atoms with E-state index in [1.165, 1.54) is 19.1 Å². The minimum Gasteiger partial charge on any atom is -0.664 e. The van der Waals surface area contributed by atoms with Crippen LogP contribution in [0.15, 0.2) is 23.0 Å². The van der Waals surface area contributed by atoms with E-state index in [1.54, 1.807) is 0 Å². The number of esters is 2. The van der Waals surface area contributed by atoms with Crippen molar-refractivity contribution in [3.8, 4) is 0 Å². The first-order chi connectivity index (χ1) is 24.4. The first kappa shape index (κ1) is 39.2. The second kappa shape index (κ2) is 15.9. The maximum atomic E-state index is 14.2. The molecule has 0 amide bonds. The maximum absolute atomic E-state index is 14.2. The number of nitrogens with zero attached hydrogens (tertiary/aromatic N) is 4. The van der Waals surface area contributed by atoms with E-state index in [-0.39, 0.29) is 59.7 Å². The number of carbonyl (C=O) groups excluding carboxylic acids is 3. The van der Waals surface area contributed by atoms with Gasteiger partial charge in [-0.25, -0.2) is 0 Å². The van der Waals surface area contributed by atoms with Crippen LogP contribution in [0, 0.1) is 52.4 Å². The van der Waals surface area contributed by atoms with Gasteiger partial charge in [0.2, 0.25) is 0 Å². The van der Waals surface area contributed by atoms with Crippen molar-refractivity contribution in [3.05, 3.63) is 95.2 Å². The standard InChI is InChI=1S/C42H49N4O5.Mg/c1-10-11-12-13-21(2)16-17-51-35(47)15-14-28-26(7)33-19-31-24(5)22(3)29(43-31)18-30-23(4)25(6)32(44-30)20-34-27(8)36-40(46-34)37(39(28)45-33)38(41(36)48)42(49)50-9;/h16,18-20,26,28,38H,10-15,17H2,1-9H3,(H-,45,46,48);/q-3;+2/p-1/b21-16+,30-18-,32-20-,33-19-;/t26-,28-,38+;/m0./s1. The molecule has 2 aliphatic heterocycles. The first-order valence-electron chi connectivity index (χ1n) is 18.1. The van der Waals surface area contributed by atoms with Crippen molar-refractivity contribution in [3.63, 3.8) is 0 Å². The Balaban J connectivity index is 0.00000523. The van der Waals surface area contributed by atoms with Gasteiger partial charge in [0, 0.05) is 12.0 Å². The number of unbranched alkanes of at least 4 members (excludes halogenated alkanes) is 2. The molecule has 52 heavy (non-hydrogen) atoms. The molecule has 8 bridgehead atoms. The van der Waals surface area contributed by atoms with Crippen molar-refractivity contribution in [2.24, 2.45) is 17.8 Å². The third kappa shape index (κ3) is 7.16. The number of ether oxygens (including phenoxy) is 2. The van der Waals surface area contributed by atoms with E-state index in [2.05, 4.69) is 34.6 Å². The second-order valence-corrected chi connectivity index (χ2v) is 14.3. The van der Waals surface area contributed by atoms with E-state index >= 15 is 0 Å². The zero-order valence-electron chi connectivity index (χ0n) is 32.0. The summed E-state index contributed by atoms with van der Waals surface area (Å²) in [6.45, 7) is 16.6. The van der Waals surface area contributed by atoms with Gasteiger partial charge in [-0.1, -0.05) is 83.9 Å². The number of ketones is 1. The van der Waals surface area contributed by atoms with E-state index in [9.17, 15) is 14.4 Å². The Labute approximate surface area is 322 Å². The summed E-state index contributed by atoms with van der Waals surface area (Å²) in [7, 11) is 1.29. The van der Waals surface area contributed by atoms with Crippen molar-refractivity contribution in [1.82, 2.24) is 15.0 Å². The number of aromatic nitrogens is 3. The molecular weight excluding hydrogens is 665 g/mol. The van der Waals surface area contributed by atoms with E-state index in [0.29, 0.717) is 40.2 Å². The normalized spacial score (nSPS) is 22.8. The van der Waals surface area contributed by atoms with Crippen LogP contribution in [0.3, 0.4) is 0 Å². The van der Waals surface area contributed by atoms with Crippen molar-refractivity contribution < 1.29 is 23.9 Å². The van der Waals surface area contributed by atoms with Crippen LogP contribution >= 0.6 is 0 Å². The molecule has 0 spiro atoms.